The van der Waals surface area contributed by atoms with Crippen molar-refractivity contribution in [2.75, 3.05) is 5.73 Å². The topological polar surface area (TPSA) is 60.2 Å². The van der Waals surface area contributed by atoms with Crippen LogP contribution < -0.4 is 5.73 Å². The fraction of sp³-hybridized carbons (Fsp3) is 0.200. The third-order valence-electron chi connectivity index (χ3n) is 2.95. The van der Waals surface area contributed by atoms with Crippen molar-refractivity contribution in [2.45, 2.75) is 24.5 Å². The summed E-state index contributed by atoms with van der Waals surface area (Å²) in [6.45, 7) is 3.89. The Morgan fingerprint density at radius 1 is 1.05 bits per heavy atom. The van der Waals surface area contributed by atoms with Gasteiger partial charge in [0.2, 0.25) is 0 Å². The average molecular weight is 310 g/mol. The molecule has 0 spiro atoms. The van der Waals surface area contributed by atoms with E-state index in [0.29, 0.717) is 5.02 Å². The molecule has 2 N–H and O–H groups in total. The zero-order chi connectivity index (χ0) is 14.9. The molecule has 0 amide bonds. The van der Waals surface area contributed by atoms with Crippen LogP contribution in [-0.4, -0.2) is 8.42 Å². The van der Waals surface area contributed by atoms with Crippen LogP contribution in [-0.2, 0) is 15.6 Å². The van der Waals surface area contributed by atoms with Crippen LogP contribution in [0.5, 0.6) is 0 Å². The van der Waals surface area contributed by atoms with E-state index in [1.807, 2.05) is 32.0 Å². The number of halogens is 1. The smallest absolute Gasteiger partial charge is 0.184 e. The Bertz CT molecular complexity index is 734. The molecule has 0 unspecified atom stereocenters. The number of nitrogens with two attached hydrogens (primary N) is 1. The van der Waals surface area contributed by atoms with Crippen molar-refractivity contribution in [3.05, 3.63) is 58.1 Å². The summed E-state index contributed by atoms with van der Waals surface area (Å²) in [5.74, 6) is -0.0681. The van der Waals surface area contributed by atoms with Gasteiger partial charge in [-0.05, 0) is 37.6 Å². The largest absolute Gasteiger partial charge is 0.398 e. The number of anilines is 1. The van der Waals surface area contributed by atoms with Crippen LogP contribution in [0.2, 0.25) is 5.02 Å². The predicted octanol–water partition coefficient (Wildman–Crippen LogP) is 3.51. The fourth-order valence-electron chi connectivity index (χ4n) is 2.25. The van der Waals surface area contributed by atoms with E-state index in [1.165, 1.54) is 18.2 Å². The molecule has 2 aromatic rings. The molecule has 106 valence electrons. The molecule has 0 bridgehead atoms. The zero-order valence-electron chi connectivity index (χ0n) is 11.4. The van der Waals surface area contributed by atoms with Crippen molar-refractivity contribution in [3.8, 4) is 0 Å². The average Bonchev–Trinajstić information content (AvgIpc) is 2.25. The molecular weight excluding hydrogens is 294 g/mol. The summed E-state index contributed by atoms with van der Waals surface area (Å²) in [6, 6.07) is 10.2. The molecule has 2 aromatic carbocycles. The second-order valence-corrected chi connectivity index (χ2v) is 7.33. The number of benzene rings is 2. The number of rotatable bonds is 3. The number of nitrogen functional groups attached to an aromatic ring is 1. The van der Waals surface area contributed by atoms with Crippen LogP contribution >= 0.6 is 11.6 Å². The van der Waals surface area contributed by atoms with Crippen molar-refractivity contribution in [2.24, 2.45) is 0 Å². The van der Waals surface area contributed by atoms with Crippen LogP contribution in [0.15, 0.2) is 41.3 Å². The molecule has 0 heterocycles. The summed E-state index contributed by atoms with van der Waals surface area (Å²) in [4.78, 5) is 0.126. The maximum Gasteiger partial charge on any atom is 0.184 e. The molecule has 0 aliphatic carbocycles. The molecule has 0 aromatic heterocycles. The van der Waals surface area contributed by atoms with E-state index < -0.39 is 9.84 Å². The Balaban J connectivity index is 2.40. The lowest BCUT2D eigenvalue weighted by Crippen LogP contribution is -2.08. The van der Waals surface area contributed by atoms with Gasteiger partial charge in [0.15, 0.2) is 9.84 Å². The Morgan fingerprint density at radius 3 is 2.20 bits per heavy atom. The third-order valence-corrected chi connectivity index (χ3v) is 4.94. The maximum atomic E-state index is 12.4. The fourth-order valence-corrected chi connectivity index (χ4v) is 3.89. The summed E-state index contributed by atoms with van der Waals surface area (Å²) in [7, 11) is -3.48. The number of sulfone groups is 1. The molecule has 0 saturated heterocycles. The van der Waals surface area contributed by atoms with E-state index in [9.17, 15) is 8.42 Å². The minimum Gasteiger partial charge on any atom is -0.398 e. The lowest BCUT2D eigenvalue weighted by atomic mass is 10.1. The molecule has 5 heteroatoms. The van der Waals surface area contributed by atoms with Gasteiger partial charge in [0.1, 0.15) is 0 Å². The molecule has 0 saturated carbocycles. The van der Waals surface area contributed by atoms with E-state index in [-0.39, 0.29) is 16.3 Å². The highest BCUT2D eigenvalue weighted by Gasteiger charge is 2.18. The van der Waals surface area contributed by atoms with Gasteiger partial charge in [-0.25, -0.2) is 8.42 Å². The van der Waals surface area contributed by atoms with Gasteiger partial charge >= 0.3 is 0 Å². The number of aryl methyl sites for hydroxylation is 2. The maximum absolute atomic E-state index is 12.4. The standard InChI is InChI=1S/C15H16ClNO2S/c1-10-5-11(2)7-12(6-10)9-20(18,19)15-4-3-13(16)8-14(15)17/h3-8H,9,17H2,1-2H3. The minimum absolute atomic E-state index is 0.0681. The molecule has 2 rings (SSSR count). The molecule has 0 radical (unpaired) electrons. The van der Waals surface area contributed by atoms with Gasteiger partial charge in [-0.2, -0.15) is 0 Å². The van der Waals surface area contributed by atoms with E-state index in [4.69, 9.17) is 17.3 Å². The molecule has 20 heavy (non-hydrogen) atoms. The summed E-state index contributed by atoms with van der Waals surface area (Å²) < 4.78 is 24.9. The molecule has 0 fully saturated rings. The van der Waals surface area contributed by atoms with E-state index in [2.05, 4.69) is 0 Å². The van der Waals surface area contributed by atoms with Crippen LogP contribution in [0.4, 0.5) is 5.69 Å². The first-order valence-electron chi connectivity index (χ1n) is 6.13. The Morgan fingerprint density at radius 2 is 1.65 bits per heavy atom. The SMILES string of the molecule is Cc1cc(C)cc(CS(=O)(=O)c2ccc(Cl)cc2N)c1. The van der Waals surface area contributed by atoms with Crippen LogP contribution in [0.1, 0.15) is 16.7 Å². The van der Waals surface area contributed by atoms with Crippen LogP contribution in [0.3, 0.4) is 0 Å². The number of hydrogen-bond acceptors (Lipinski definition) is 3. The summed E-state index contributed by atoms with van der Waals surface area (Å²) in [5, 5.41) is 0.424. The second-order valence-electron chi connectivity index (χ2n) is 4.94. The highest BCUT2D eigenvalue weighted by atomic mass is 35.5. The lowest BCUT2D eigenvalue weighted by Gasteiger charge is -2.09. The van der Waals surface area contributed by atoms with Crippen LogP contribution in [0, 0.1) is 13.8 Å². The minimum atomic E-state index is -3.48. The zero-order valence-corrected chi connectivity index (χ0v) is 12.9. The van der Waals surface area contributed by atoms with E-state index in [1.54, 1.807) is 0 Å². The molecule has 3 nitrogen and oxygen atoms in total. The normalized spacial score (nSPS) is 11.6. The van der Waals surface area contributed by atoms with Gasteiger partial charge in [0.05, 0.1) is 16.3 Å². The summed E-state index contributed by atoms with van der Waals surface area (Å²) >= 11 is 5.79. The molecule has 0 atom stereocenters. The first kappa shape index (κ1) is 14.9. The first-order valence-corrected chi connectivity index (χ1v) is 8.16. The van der Waals surface area contributed by atoms with Gasteiger partial charge in [-0.3, -0.25) is 0 Å². The van der Waals surface area contributed by atoms with Gasteiger partial charge in [-0.1, -0.05) is 40.9 Å². The van der Waals surface area contributed by atoms with Crippen molar-refractivity contribution >= 4 is 27.1 Å². The lowest BCUT2D eigenvalue weighted by molar-refractivity contribution is 0.595. The Labute approximate surface area is 124 Å². The van der Waals surface area contributed by atoms with E-state index in [0.717, 1.165) is 16.7 Å². The first-order chi connectivity index (χ1) is 9.28. The quantitative estimate of drug-likeness (QED) is 0.883. The highest BCUT2D eigenvalue weighted by Crippen LogP contribution is 2.26. The summed E-state index contributed by atoms with van der Waals surface area (Å²) in [6.07, 6.45) is 0. The van der Waals surface area contributed by atoms with Gasteiger partial charge in [0.25, 0.3) is 0 Å². The Kier molecular flexibility index (Phi) is 4.06. The van der Waals surface area contributed by atoms with E-state index >= 15 is 0 Å². The summed E-state index contributed by atoms with van der Waals surface area (Å²) in [5.41, 5.74) is 8.78. The van der Waals surface area contributed by atoms with Crippen molar-refractivity contribution < 1.29 is 8.42 Å². The monoisotopic (exact) mass is 309 g/mol. The molecular formula is C15H16ClNO2S. The van der Waals surface area contributed by atoms with Crippen molar-refractivity contribution in [1.82, 2.24) is 0 Å². The highest BCUT2D eigenvalue weighted by molar-refractivity contribution is 7.90. The van der Waals surface area contributed by atoms with Gasteiger partial charge in [0, 0.05) is 5.02 Å². The predicted molar refractivity (Wildman–Crippen MR) is 82.7 cm³/mol. The Hall–Kier alpha value is -1.52. The number of hydrogen-bond donors (Lipinski definition) is 1. The van der Waals surface area contributed by atoms with Crippen molar-refractivity contribution in [3.63, 3.8) is 0 Å². The van der Waals surface area contributed by atoms with Crippen molar-refractivity contribution in [1.29, 1.82) is 0 Å². The molecule has 0 aliphatic rings. The third kappa shape index (κ3) is 3.32. The van der Waals surface area contributed by atoms with Crippen LogP contribution in [0.25, 0.3) is 0 Å². The molecule has 0 aliphatic heterocycles. The van der Waals surface area contributed by atoms with Gasteiger partial charge in [-0.15, -0.1) is 0 Å². The van der Waals surface area contributed by atoms with Gasteiger partial charge < -0.3 is 5.73 Å². The second kappa shape index (κ2) is 5.46.